The molecule has 1 aliphatic carbocycles. The molecule has 2 fully saturated rings. The van der Waals surface area contributed by atoms with Crippen LogP contribution in [0.3, 0.4) is 0 Å². The molecule has 0 radical (unpaired) electrons. The number of hydrogen-bond acceptors (Lipinski definition) is 3. The first-order chi connectivity index (χ1) is 13.6. The topological polar surface area (TPSA) is 29.5 Å². The Morgan fingerprint density at radius 3 is 2.41 bits per heavy atom. The minimum atomic E-state index is -5.51. The molecular formula is C20H23F6NO2. The van der Waals surface area contributed by atoms with Crippen molar-refractivity contribution in [3.63, 3.8) is 0 Å². The Bertz CT molecular complexity index is 715. The van der Waals surface area contributed by atoms with Crippen molar-refractivity contribution in [2.24, 2.45) is 17.8 Å². The molecule has 1 aromatic carbocycles. The van der Waals surface area contributed by atoms with E-state index in [9.17, 15) is 31.1 Å². The first kappa shape index (κ1) is 21.9. The van der Waals surface area contributed by atoms with Crippen molar-refractivity contribution in [2.75, 3.05) is 26.2 Å². The molecule has 3 nitrogen and oxygen atoms in total. The van der Waals surface area contributed by atoms with Crippen LogP contribution in [0.5, 0.6) is 5.75 Å². The SMILES string of the molecule is O=Cc1ccc(OCCC2CC2C2CCN(CC(F)(F)C(F)(F)F)CC2)cc1F. The van der Waals surface area contributed by atoms with Crippen molar-refractivity contribution in [2.45, 2.75) is 37.8 Å². The van der Waals surface area contributed by atoms with Crippen LogP contribution in [-0.2, 0) is 0 Å². The molecule has 3 rings (SSSR count). The lowest BCUT2D eigenvalue weighted by atomic mass is 9.90. The maximum atomic E-state index is 13.5. The van der Waals surface area contributed by atoms with Gasteiger partial charge in [-0.1, -0.05) is 0 Å². The van der Waals surface area contributed by atoms with E-state index < -0.39 is 24.5 Å². The van der Waals surface area contributed by atoms with E-state index in [4.69, 9.17) is 4.74 Å². The molecule has 1 aromatic rings. The molecule has 2 atom stereocenters. The van der Waals surface area contributed by atoms with E-state index in [1.807, 2.05) is 0 Å². The van der Waals surface area contributed by atoms with Gasteiger partial charge in [0.05, 0.1) is 18.7 Å². The molecule has 9 heteroatoms. The van der Waals surface area contributed by atoms with Gasteiger partial charge in [-0.15, -0.1) is 0 Å². The zero-order valence-electron chi connectivity index (χ0n) is 15.7. The molecule has 0 amide bonds. The monoisotopic (exact) mass is 423 g/mol. The number of benzene rings is 1. The summed E-state index contributed by atoms with van der Waals surface area (Å²) >= 11 is 0. The standard InChI is InChI=1S/C20H23F6NO2/c21-18-10-16(2-1-15(18)11-28)29-8-5-14-9-17(14)13-3-6-27(7-4-13)12-19(22,23)20(24,25)26/h1-2,10-11,13-14,17H,3-9,12H2. The zero-order valence-corrected chi connectivity index (χ0v) is 15.7. The Hall–Kier alpha value is -1.77. The third-order valence-corrected chi connectivity index (χ3v) is 5.91. The molecule has 162 valence electrons. The maximum absolute atomic E-state index is 13.5. The van der Waals surface area contributed by atoms with Gasteiger partial charge in [0, 0.05) is 6.07 Å². The molecular weight excluding hydrogens is 400 g/mol. The number of likely N-dealkylation sites (tertiary alicyclic amines) is 1. The summed E-state index contributed by atoms with van der Waals surface area (Å²) in [5, 5.41) is 0. The van der Waals surface area contributed by atoms with Gasteiger partial charge in [-0.05, 0) is 68.7 Å². The minimum absolute atomic E-state index is 0.0288. The summed E-state index contributed by atoms with van der Waals surface area (Å²) in [6.07, 6.45) is -2.08. The average Bonchev–Trinajstić information content (AvgIpc) is 3.41. The number of carbonyl (C=O) groups excluding carboxylic acids is 1. The number of rotatable bonds is 8. The van der Waals surface area contributed by atoms with Crippen LogP contribution < -0.4 is 4.74 Å². The van der Waals surface area contributed by atoms with Gasteiger partial charge in [0.25, 0.3) is 0 Å². The van der Waals surface area contributed by atoms with Gasteiger partial charge in [0.15, 0.2) is 6.29 Å². The van der Waals surface area contributed by atoms with Crippen LogP contribution in [0.1, 0.15) is 36.0 Å². The number of alkyl halides is 5. The highest BCUT2D eigenvalue weighted by Gasteiger charge is 2.58. The third kappa shape index (κ3) is 5.43. The van der Waals surface area contributed by atoms with E-state index in [-0.39, 0.29) is 18.7 Å². The van der Waals surface area contributed by atoms with E-state index in [0.29, 0.717) is 49.2 Å². The lowest BCUT2D eigenvalue weighted by Crippen LogP contribution is -2.49. The van der Waals surface area contributed by atoms with Crippen molar-refractivity contribution in [1.29, 1.82) is 0 Å². The number of carbonyl (C=O) groups is 1. The van der Waals surface area contributed by atoms with Gasteiger partial charge in [0.1, 0.15) is 11.6 Å². The van der Waals surface area contributed by atoms with Crippen LogP contribution in [0.25, 0.3) is 0 Å². The smallest absolute Gasteiger partial charge is 0.454 e. The van der Waals surface area contributed by atoms with E-state index in [1.54, 1.807) is 0 Å². The predicted molar refractivity (Wildman–Crippen MR) is 93.7 cm³/mol. The fraction of sp³-hybridized carbons (Fsp3) is 0.650. The second-order valence-corrected chi connectivity index (χ2v) is 7.91. The zero-order chi connectivity index (χ0) is 21.2. The van der Waals surface area contributed by atoms with Crippen molar-refractivity contribution in [3.8, 4) is 5.75 Å². The van der Waals surface area contributed by atoms with E-state index in [1.165, 1.54) is 23.1 Å². The van der Waals surface area contributed by atoms with E-state index in [2.05, 4.69) is 0 Å². The van der Waals surface area contributed by atoms with Gasteiger partial charge in [-0.25, -0.2) is 4.39 Å². The van der Waals surface area contributed by atoms with Crippen LogP contribution in [0.4, 0.5) is 26.3 Å². The minimum Gasteiger partial charge on any atom is -0.493 e. The second-order valence-electron chi connectivity index (χ2n) is 7.91. The molecule has 2 aliphatic rings. The Morgan fingerprint density at radius 1 is 1.14 bits per heavy atom. The molecule has 29 heavy (non-hydrogen) atoms. The van der Waals surface area contributed by atoms with Gasteiger partial charge in [0.2, 0.25) is 0 Å². The summed E-state index contributed by atoms with van der Waals surface area (Å²) in [4.78, 5) is 11.8. The number of ether oxygens (including phenoxy) is 1. The van der Waals surface area contributed by atoms with E-state index in [0.717, 1.165) is 12.8 Å². The van der Waals surface area contributed by atoms with Gasteiger partial charge in [-0.3, -0.25) is 9.69 Å². The quantitative estimate of drug-likeness (QED) is 0.438. The van der Waals surface area contributed by atoms with Crippen LogP contribution in [0.2, 0.25) is 0 Å². The fourth-order valence-corrected chi connectivity index (χ4v) is 4.11. The summed E-state index contributed by atoms with van der Waals surface area (Å²) in [6.45, 7) is -0.376. The Labute approximate surface area is 165 Å². The summed E-state index contributed by atoms with van der Waals surface area (Å²) < 4.78 is 82.4. The number of aldehydes is 1. The summed E-state index contributed by atoms with van der Waals surface area (Å²) in [6, 6.07) is 4.05. The van der Waals surface area contributed by atoms with Crippen LogP contribution in [0, 0.1) is 23.6 Å². The number of hydrogen-bond donors (Lipinski definition) is 0. The second kappa shape index (κ2) is 8.53. The lowest BCUT2D eigenvalue weighted by Gasteiger charge is -2.34. The first-order valence-corrected chi connectivity index (χ1v) is 9.65. The molecule has 1 aliphatic heterocycles. The summed E-state index contributed by atoms with van der Waals surface area (Å²) in [5.41, 5.74) is -0.0288. The van der Waals surface area contributed by atoms with Crippen molar-refractivity contribution in [3.05, 3.63) is 29.6 Å². The molecule has 0 spiro atoms. The normalized spacial score (nSPS) is 23.8. The van der Waals surface area contributed by atoms with Gasteiger partial charge < -0.3 is 4.74 Å². The molecule has 1 heterocycles. The van der Waals surface area contributed by atoms with Crippen molar-refractivity contribution in [1.82, 2.24) is 4.90 Å². The Morgan fingerprint density at radius 2 is 1.83 bits per heavy atom. The van der Waals surface area contributed by atoms with E-state index >= 15 is 0 Å². The highest BCUT2D eigenvalue weighted by molar-refractivity contribution is 5.75. The number of halogens is 6. The average molecular weight is 423 g/mol. The van der Waals surface area contributed by atoms with Crippen molar-refractivity contribution >= 4 is 6.29 Å². The maximum Gasteiger partial charge on any atom is 0.454 e. The first-order valence-electron chi connectivity index (χ1n) is 9.65. The van der Waals surface area contributed by atoms with Crippen LogP contribution in [-0.4, -0.2) is 49.5 Å². The molecule has 0 aromatic heterocycles. The van der Waals surface area contributed by atoms with Crippen LogP contribution in [0.15, 0.2) is 18.2 Å². The number of piperidine rings is 1. The Kier molecular flexibility index (Phi) is 6.45. The largest absolute Gasteiger partial charge is 0.493 e. The van der Waals surface area contributed by atoms with Gasteiger partial charge >= 0.3 is 12.1 Å². The summed E-state index contributed by atoms with van der Waals surface area (Å²) in [5.74, 6) is -3.75. The number of nitrogens with zero attached hydrogens (tertiary/aromatic N) is 1. The predicted octanol–water partition coefficient (Wildman–Crippen LogP) is 4.95. The van der Waals surface area contributed by atoms with Crippen molar-refractivity contribution < 1.29 is 35.9 Å². The lowest BCUT2D eigenvalue weighted by molar-refractivity contribution is -0.287. The van der Waals surface area contributed by atoms with Gasteiger partial charge in [-0.2, -0.15) is 22.0 Å². The highest BCUT2D eigenvalue weighted by Crippen LogP contribution is 2.50. The van der Waals surface area contributed by atoms with Crippen LogP contribution >= 0.6 is 0 Å². The highest BCUT2D eigenvalue weighted by atomic mass is 19.4. The molecule has 0 N–H and O–H groups in total. The molecule has 1 saturated heterocycles. The molecule has 2 unspecified atom stereocenters. The third-order valence-electron chi connectivity index (χ3n) is 5.91. The Balaban J connectivity index is 1.36. The molecule has 1 saturated carbocycles. The molecule has 0 bridgehead atoms. The summed E-state index contributed by atoms with van der Waals surface area (Å²) in [7, 11) is 0. The fourth-order valence-electron chi connectivity index (χ4n) is 4.11.